The summed E-state index contributed by atoms with van der Waals surface area (Å²) < 4.78 is 7.39. The van der Waals surface area contributed by atoms with Crippen molar-refractivity contribution in [3.05, 3.63) is 47.2 Å². The summed E-state index contributed by atoms with van der Waals surface area (Å²) >= 11 is 6.04. The highest BCUT2D eigenvalue weighted by molar-refractivity contribution is 6.30. The van der Waals surface area contributed by atoms with Crippen LogP contribution in [-0.2, 0) is 16.1 Å². The van der Waals surface area contributed by atoms with Crippen LogP contribution < -0.4 is 5.32 Å². The van der Waals surface area contributed by atoms with Crippen LogP contribution in [0.15, 0.2) is 36.7 Å². The van der Waals surface area contributed by atoms with E-state index in [1.807, 2.05) is 41.3 Å². The smallest absolute Gasteiger partial charge is 0.227 e. The highest BCUT2D eigenvalue weighted by atomic mass is 35.5. The van der Waals surface area contributed by atoms with Crippen molar-refractivity contribution < 1.29 is 9.53 Å². The molecule has 1 amide bonds. The number of carbonyl (C=O) groups is 1. The SMILES string of the molecule is O=C1N[C@@H]2COC[C@H]1CN(Cc1cnn(-c3cccc(Cl)c3)c1)C2. The molecule has 1 aromatic carbocycles. The molecule has 126 valence electrons. The molecule has 3 heterocycles. The average molecular weight is 347 g/mol. The minimum atomic E-state index is -0.0968. The Hall–Kier alpha value is -1.89. The monoisotopic (exact) mass is 346 g/mol. The first-order chi connectivity index (χ1) is 11.7. The van der Waals surface area contributed by atoms with Crippen LogP contribution in [0, 0.1) is 5.92 Å². The largest absolute Gasteiger partial charge is 0.378 e. The van der Waals surface area contributed by atoms with Gasteiger partial charge >= 0.3 is 0 Å². The Morgan fingerprint density at radius 3 is 3.12 bits per heavy atom. The third kappa shape index (κ3) is 3.31. The zero-order valence-electron chi connectivity index (χ0n) is 13.2. The van der Waals surface area contributed by atoms with E-state index in [4.69, 9.17) is 16.3 Å². The summed E-state index contributed by atoms with van der Waals surface area (Å²) in [6.07, 6.45) is 3.88. The van der Waals surface area contributed by atoms with Crippen molar-refractivity contribution in [3.63, 3.8) is 0 Å². The summed E-state index contributed by atoms with van der Waals surface area (Å²) in [7, 11) is 0. The van der Waals surface area contributed by atoms with E-state index >= 15 is 0 Å². The number of fused-ring (bicyclic) bond motifs is 3. The first kappa shape index (κ1) is 15.6. The standard InChI is InChI=1S/C17H19ClN4O2/c18-14-2-1-3-16(4-14)22-7-12(5-19-22)6-21-8-13-10-24-11-15(9-21)20-17(13)23/h1-5,7,13,15H,6,8-11H2,(H,20,23)/t13-,15+/m1/s1. The number of carbonyl (C=O) groups excluding carboxylic acids is 1. The fraction of sp³-hybridized carbons (Fsp3) is 0.412. The van der Waals surface area contributed by atoms with Gasteiger partial charge in [-0.05, 0) is 18.2 Å². The van der Waals surface area contributed by atoms with Gasteiger partial charge in [-0.25, -0.2) is 4.68 Å². The number of hydrogen-bond donors (Lipinski definition) is 1. The van der Waals surface area contributed by atoms with Crippen molar-refractivity contribution in [1.29, 1.82) is 0 Å². The lowest BCUT2D eigenvalue weighted by atomic mass is 10.1. The van der Waals surface area contributed by atoms with Crippen molar-refractivity contribution in [2.45, 2.75) is 12.6 Å². The van der Waals surface area contributed by atoms with Gasteiger partial charge in [0.1, 0.15) is 0 Å². The molecule has 4 rings (SSSR count). The highest BCUT2D eigenvalue weighted by Crippen LogP contribution is 2.18. The van der Waals surface area contributed by atoms with E-state index in [0.717, 1.165) is 24.3 Å². The first-order valence-electron chi connectivity index (χ1n) is 8.07. The molecule has 6 nitrogen and oxygen atoms in total. The molecule has 2 aliphatic rings. The van der Waals surface area contributed by atoms with E-state index in [0.29, 0.717) is 24.8 Å². The second-order valence-corrected chi connectivity index (χ2v) is 6.84. The quantitative estimate of drug-likeness (QED) is 0.914. The minimum absolute atomic E-state index is 0.0629. The van der Waals surface area contributed by atoms with E-state index in [9.17, 15) is 4.79 Å². The van der Waals surface area contributed by atoms with Crippen LogP contribution in [0.1, 0.15) is 5.56 Å². The summed E-state index contributed by atoms with van der Waals surface area (Å²) in [5.74, 6) is 0.00935. The second kappa shape index (κ2) is 6.55. The molecule has 1 N–H and O–H groups in total. The predicted octanol–water partition coefficient (Wildman–Crippen LogP) is 1.47. The minimum Gasteiger partial charge on any atom is -0.378 e. The third-order valence-electron chi connectivity index (χ3n) is 4.43. The Morgan fingerprint density at radius 2 is 2.25 bits per heavy atom. The average Bonchev–Trinajstić information content (AvgIpc) is 2.86. The Labute approximate surface area is 145 Å². The molecule has 0 spiro atoms. The van der Waals surface area contributed by atoms with Gasteiger partial charge in [0.2, 0.25) is 5.91 Å². The molecule has 7 heteroatoms. The van der Waals surface area contributed by atoms with Gasteiger partial charge in [-0.3, -0.25) is 9.69 Å². The molecule has 2 atom stereocenters. The van der Waals surface area contributed by atoms with Crippen molar-refractivity contribution in [2.75, 3.05) is 26.3 Å². The van der Waals surface area contributed by atoms with Crippen molar-refractivity contribution >= 4 is 17.5 Å². The summed E-state index contributed by atoms with van der Waals surface area (Å²) in [6.45, 7) is 3.36. The second-order valence-electron chi connectivity index (χ2n) is 6.41. The maximum absolute atomic E-state index is 12.1. The van der Waals surface area contributed by atoms with Crippen LogP contribution in [-0.4, -0.2) is 52.9 Å². The molecule has 2 fully saturated rings. The van der Waals surface area contributed by atoms with Crippen LogP contribution in [0.2, 0.25) is 5.02 Å². The predicted molar refractivity (Wildman–Crippen MR) is 90.1 cm³/mol. The fourth-order valence-electron chi connectivity index (χ4n) is 3.31. The van der Waals surface area contributed by atoms with Gasteiger partial charge in [-0.15, -0.1) is 0 Å². The van der Waals surface area contributed by atoms with E-state index < -0.39 is 0 Å². The summed E-state index contributed by atoms with van der Waals surface area (Å²) in [5, 5.41) is 8.17. The molecule has 2 aliphatic heterocycles. The number of rotatable bonds is 3. The molecule has 24 heavy (non-hydrogen) atoms. The van der Waals surface area contributed by atoms with E-state index in [2.05, 4.69) is 15.3 Å². The molecule has 0 saturated carbocycles. The lowest BCUT2D eigenvalue weighted by molar-refractivity contribution is -0.125. The lowest BCUT2D eigenvalue weighted by Gasteiger charge is -2.26. The maximum Gasteiger partial charge on any atom is 0.227 e. The van der Waals surface area contributed by atoms with E-state index in [-0.39, 0.29) is 17.9 Å². The first-order valence-corrected chi connectivity index (χ1v) is 8.45. The molecule has 0 radical (unpaired) electrons. The van der Waals surface area contributed by atoms with Crippen molar-refractivity contribution in [2.24, 2.45) is 5.92 Å². The van der Waals surface area contributed by atoms with Crippen molar-refractivity contribution in [1.82, 2.24) is 20.0 Å². The Kier molecular flexibility index (Phi) is 4.26. The molecular weight excluding hydrogens is 328 g/mol. The van der Waals surface area contributed by atoms with Crippen LogP contribution >= 0.6 is 11.6 Å². The van der Waals surface area contributed by atoms with Crippen LogP contribution in [0.4, 0.5) is 0 Å². The van der Waals surface area contributed by atoms with Gasteiger partial charge < -0.3 is 10.1 Å². The molecule has 0 unspecified atom stereocenters. The summed E-state index contributed by atoms with van der Waals surface area (Å²) in [6, 6.07) is 7.67. The van der Waals surface area contributed by atoms with Crippen LogP contribution in [0.25, 0.3) is 5.69 Å². The fourth-order valence-corrected chi connectivity index (χ4v) is 3.49. The van der Waals surface area contributed by atoms with Crippen LogP contribution in [0.5, 0.6) is 0 Å². The van der Waals surface area contributed by atoms with Gasteiger partial charge in [0.15, 0.2) is 0 Å². The van der Waals surface area contributed by atoms with E-state index in [1.165, 1.54) is 0 Å². The number of hydrogen-bond acceptors (Lipinski definition) is 4. The zero-order valence-corrected chi connectivity index (χ0v) is 13.9. The normalized spacial score (nSPS) is 24.5. The van der Waals surface area contributed by atoms with Crippen LogP contribution in [0.3, 0.4) is 0 Å². The topological polar surface area (TPSA) is 59.4 Å². The molecule has 2 bridgehead atoms. The number of aromatic nitrogens is 2. The molecule has 2 aromatic rings. The van der Waals surface area contributed by atoms with Gasteiger partial charge in [0.25, 0.3) is 0 Å². The number of nitrogens with one attached hydrogen (secondary N) is 1. The number of amides is 1. The number of halogens is 1. The number of ether oxygens (including phenoxy) is 1. The van der Waals surface area contributed by atoms with Gasteiger partial charge in [0.05, 0.1) is 37.1 Å². The van der Waals surface area contributed by atoms with Gasteiger partial charge in [0, 0.05) is 36.4 Å². The van der Waals surface area contributed by atoms with Gasteiger partial charge in [-0.1, -0.05) is 17.7 Å². The molecular formula is C17H19ClN4O2. The molecule has 0 aliphatic carbocycles. The third-order valence-corrected chi connectivity index (χ3v) is 4.66. The Bertz CT molecular complexity index is 748. The lowest BCUT2D eigenvalue weighted by Crippen LogP contribution is -2.41. The number of nitrogens with zero attached hydrogens (tertiary/aromatic N) is 3. The summed E-state index contributed by atoms with van der Waals surface area (Å²) in [4.78, 5) is 14.4. The highest BCUT2D eigenvalue weighted by Gasteiger charge is 2.33. The van der Waals surface area contributed by atoms with E-state index in [1.54, 1.807) is 0 Å². The summed E-state index contributed by atoms with van der Waals surface area (Å²) in [5.41, 5.74) is 2.05. The molecule has 1 aromatic heterocycles. The Balaban J connectivity index is 1.49. The van der Waals surface area contributed by atoms with Crippen molar-refractivity contribution in [3.8, 4) is 5.69 Å². The number of benzene rings is 1. The Morgan fingerprint density at radius 1 is 1.33 bits per heavy atom. The van der Waals surface area contributed by atoms with Gasteiger partial charge in [-0.2, -0.15) is 5.10 Å². The molecule has 2 saturated heterocycles. The maximum atomic E-state index is 12.1. The zero-order chi connectivity index (χ0) is 16.5.